The number of aliphatic hydroxyl groups excluding tert-OH is 1. The van der Waals surface area contributed by atoms with E-state index < -0.39 is 28.4 Å². The minimum absolute atomic E-state index is 0.0803. The molecule has 1 aromatic heterocycles. The fraction of sp³-hybridized carbons (Fsp3) is 0.125. The zero-order valence-electron chi connectivity index (χ0n) is 17.4. The molecule has 1 atom stereocenters. The van der Waals surface area contributed by atoms with E-state index in [1.807, 2.05) is 19.9 Å². The monoisotopic (exact) mass is 429 g/mol. The molecule has 2 aromatic carbocycles. The average Bonchev–Trinajstić information content (AvgIpc) is 3.04. The highest BCUT2D eigenvalue weighted by Gasteiger charge is 2.47. The number of Topliss-reactive ketones (excluding diaryl/α,β-unsaturated/α-hetero) is 1. The molecule has 0 aliphatic carbocycles. The Balaban J connectivity index is 1.96. The highest BCUT2D eigenvalue weighted by molar-refractivity contribution is 6.51. The summed E-state index contributed by atoms with van der Waals surface area (Å²) in [5, 5.41) is 22.2. The summed E-state index contributed by atoms with van der Waals surface area (Å²) in [6.07, 6.45) is 3.06. The minimum Gasteiger partial charge on any atom is -0.507 e. The first-order valence-corrected chi connectivity index (χ1v) is 9.82. The summed E-state index contributed by atoms with van der Waals surface area (Å²) in [4.78, 5) is 42.2. The van der Waals surface area contributed by atoms with E-state index in [4.69, 9.17) is 0 Å². The minimum atomic E-state index is -0.918. The molecule has 0 saturated carbocycles. The number of anilines is 1. The Morgan fingerprint density at radius 2 is 1.69 bits per heavy atom. The molecule has 1 aliphatic rings. The molecular weight excluding hydrogens is 410 g/mol. The maximum absolute atomic E-state index is 13.1. The van der Waals surface area contributed by atoms with Crippen molar-refractivity contribution in [3.8, 4) is 0 Å². The fourth-order valence-electron chi connectivity index (χ4n) is 3.97. The number of aliphatic hydroxyl groups is 1. The van der Waals surface area contributed by atoms with E-state index in [9.17, 15) is 24.8 Å². The largest absolute Gasteiger partial charge is 0.507 e. The fourth-order valence-corrected chi connectivity index (χ4v) is 3.97. The predicted octanol–water partition coefficient (Wildman–Crippen LogP) is 4.23. The van der Waals surface area contributed by atoms with Crippen LogP contribution in [0.5, 0.6) is 0 Å². The van der Waals surface area contributed by atoms with E-state index in [0.717, 1.165) is 11.1 Å². The van der Waals surface area contributed by atoms with Crippen molar-refractivity contribution in [3.05, 3.63) is 105 Å². The van der Waals surface area contributed by atoms with Crippen LogP contribution in [0.15, 0.2) is 72.6 Å². The van der Waals surface area contributed by atoms with Crippen molar-refractivity contribution in [1.82, 2.24) is 4.98 Å². The number of amides is 1. The number of benzene rings is 2. The number of nitro benzene ring substituents is 1. The lowest BCUT2D eigenvalue weighted by Crippen LogP contribution is -2.29. The molecule has 2 heterocycles. The lowest BCUT2D eigenvalue weighted by atomic mass is 9.95. The number of aryl methyl sites for hydroxylation is 2. The van der Waals surface area contributed by atoms with E-state index >= 15 is 0 Å². The Bertz CT molecular complexity index is 1260. The average molecular weight is 429 g/mol. The van der Waals surface area contributed by atoms with Crippen LogP contribution in [0.2, 0.25) is 0 Å². The van der Waals surface area contributed by atoms with Crippen LogP contribution in [-0.2, 0) is 9.59 Å². The third-order valence-corrected chi connectivity index (χ3v) is 5.28. The maximum Gasteiger partial charge on any atom is 0.300 e. The summed E-state index contributed by atoms with van der Waals surface area (Å²) < 4.78 is 0. The molecule has 1 aliphatic heterocycles. The Hall–Kier alpha value is -4.33. The van der Waals surface area contributed by atoms with Gasteiger partial charge in [0, 0.05) is 35.8 Å². The smallest absolute Gasteiger partial charge is 0.300 e. The number of rotatable bonds is 4. The number of hydrogen-bond acceptors (Lipinski definition) is 6. The van der Waals surface area contributed by atoms with Crippen LogP contribution in [0.25, 0.3) is 5.76 Å². The summed E-state index contributed by atoms with van der Waals surface area (Å²) in [6.45, 7) is 3.77. The lowest BCUT2D eigenvalue weighted by Gasteiger charge is -2.26. The highest BCUT2D eigenvalue weighted by Crippen LogP contribution is 2.42. The van der Waals surface area contributed by atoms with Gasteiger partial charge in [-0.25, -0.2) is 0 Å². The summed E-state index contributed by atoms with van der Waals surface area (Å²) in [5.74, 6) is -2.13. The number of hydrogen-bond donors (Lipinski definition) is 1. The number of nitro groups is 1. The number of carbonyl (C=O) groups excluding carboxylic acids is 2. The summed E-state index contributed by atoms with van der Waals surface area (Å²) in [7, 11) is 0. The molecule has 0 bridgehead atoms. The number of non-ortho nitro benzene ring substituents is 1. The normalized spacial score (nSPS) is 17.6. The van der Waals surface area contributed by atoms with Crippen LogP contribution in [0, 0.1) is 24.0 Å². The first-order valence-electron chi connectivity index (χ1n) is 9.82. The Morgan fingerprint density at radius 3 is 2.31 bits per heavy atom. The number of aromatic nitrogens is 1. The standard InChI is InChI=1S/C24H19N3O5/c1-14-10-15(2)12-19(11-14)26-21(16-6-8-25-9-7-16)20(23(29)24(26)30)22(28)17-4-3-5-18(13-17)27(31)32/h3-13,21,28H,1-2H3/b22-20-. The van der Waals surface area contributed by atoms with Gasteiger partial charge in [0.1, 0.15) is 5.76 Å². The zero-order chi connectivity index (χ0) is 23.0. The molecular formula is C24H19N3O5. The highest BCUT2D eigenvalue weighted by atomic mass is 16.6. The van der Waals surface area contributed by atoms with Gasteiger partial charge in [-0.15, -0.1) is 0 Å². The van der Waals surface area contributed by atoms with Crippen molar-refractivity contribution in [3.63, 3.8) is 0 Å². The second-order valence-electron chi connectivity index (χ2n) is 7.60. The van der Waals surface area contributed by atoms with E-state index in [0.29, 0.717) is 11.3 Å². The van der Waals surface area contributed by atoms with Crippen molar-refractivity contribution in [2.75, 3.05) is 4.90 Å². The second-order valence-corrected chi connectivity index (χ2v) is 7.60. The molecule has 1 unspecified atom stereocenters. The Kier molecular flexibility index (Phi) is 5.28. The zero-order valence-corrected chi connectivity index (χ0v) is 17.4. The first kappa shape index (κ1) is 20.9. The molecule has 0 radical (unpaired) electrons. The van der Waals surface area contributed by atoms with Crippen LogP contribution in [0.3, 0.4) is 0 Å². The molecule has 160 valence electrons. The van der Waals surface area contributed by atoms with Crippen LogP contribution < -0.4 is 4.90 Å². The van der Waals surface area contributed by atoms with Gasteiger partial charge in [-0.2, -0.15) is 0 Å². The van der Waals surface area contributed by atoms with Crippen LogP contribution in [-0.4, -0.2) is 26.7 Å². The van der Waals surface area contributed by atoms with Crippen molar-refractivity contribution in [1.29, 1.82) is 0 Å². The first-order chi connectivity index (χ1) is 15.3. The summed E-state index contributed by atoms with van der Waals surface area (Å²) in [5.41, 5.74) is 2.62. The predicted molar refractivity (Wildman–Crippen MR) is 118 cm³/mol. The Morgan fingerprint density at radius 1 is 1.03 bits per heavy atom. The Labute approximate surface area is 183 Å². The van der Waals surface area contributed by atoms with Gasteiger partial charge >= 0.3 is 0 Å². The molecule has 1 N–H and O–H groups in total. The summed E-state index contributed by atoms with van der Waals surface area (Å²) in [6, 6.07) is 13.3. The van der Waals surface area contributed by atoms with Gasteiger partial charge < -0.3 is 5.11 Å². The van der Waals surface area contributed by atoms with Gasteiger partial charge in [-0.1, -0.05) is 18.2 Å². The molecule has 32 heavy (non-hydrogen) atoms. The van der Waals surface area contributed by atoms with Gasteiger partial charge in [0.2, 0.25) is 0 Å². The molecule has 1 fully saturated rings. The number of ketones is 1. The van der Waals surface area contributed by atoms with Crippen molar-refractivity contribution in [2.45, 2.75) is 19.9 Å². The third-order valence-electron chi connectivity index (χ3n) is 5.28. The van der Waals surface area contributed by atoms with Crippen LogP contribution in [0.1, 0.15) is 28.3 Å². The topological polar surface area (TPSA) is 114 Å². The van der Waals surface area contributed by atoms with E-state index in [1.54, 1.807) is 24.3 Å². The second kappa shape index (κ2) is 8.07. The number of nitrogens with zero attached hydrogens (tertiary/aromatic N) is 3. The molecule has 0 spiro atoms. The number of pyridine rings is 1. The van der Waals surface area contributed by atoms with E-state index in [2.05, 4.69) is 4.98 Å². The molecule has 4 rings (SSSR count). The van der Waals surface area contributed by atoms with Crippen molar-refractivity contribution < 1.29 is 19.6 Å². The van der Waals surface area contributed by atoms with Gasteiger partial charge in [0.25, 0.3) is 17.4 Å². The third kappa shape index (κ3) is 3.62. The van der Waals surface area contributed by atoms with Gasteiger partial charge in [-0.05, 0) is 54.8 Å². The van der Waals surface area contributed by atoms with Crippen LogP contribution >= 0.6 is 0 Å². The molecule has 1 amide bonds. The maximum atomic E-state index is 13.1. The van der Waals surface area contributed by atoms with Gasteiger partial charge in [0.05, 0.1) is 16.5 Å². The molecule has 3 aromatic rings. The lowest BCUT2D eigenvalue weighted by molar-refractivity contribution is -0.384. The van der Waals surface area contributed by atoms with Crippen LogP contribution in [0.4, 0.5) is 11.4 Å². The molecule has 8 heteroatoms. The van der Waals surface area contributed by atoms with E-state index in [1.165, 1.54) is 41.6 Å². The van der Waals surface area contributed by atoms with Gasteiger partial charge in [0.15, 0.2) is 0 Å². The van der Waals surface area contributed by atoms with Gasteiger partial charge in [-0.3, -0.25) is 29.6 Å². The van der Waals surface area contributed by atoms with E-state index in [-0.39, 0.29) is 16.8 Å². The molecule has 8 nitrogen and oxygen atoms in total. The SMILES string of the molecule is Cc1cc(C)cc(N2C(=O)C(=O)/C(=C(\O)c3cccc([N+](=O)[O-])c3)C2c2ccncc2)c1. The summed E-state index contributed by atoms with van der Waals surface area (Å²) >= 11 is 0. The van der Waals surface area contributed by atoms with Crippen molar-refractivity contribution in [2.24, 2.45) is 0 Å². The van der Waals surface area contributed by atoms with Crippen molar-refractivity contribution >= 4 is 28.8 Å². The quantitative estimate of drug-likeness (QED) is 0.218. The number of carbonyl (C=O) groups is 2. The molecule has 1 saturated heterocycles.